The second-order valence-corrected chi connectivity index (χ2v) is 5.10. The third kappa shape index (κ3) is 2.36. The Kier molecular flexibility index (Phi) is 3.67. The highest BCUT2D eigenvalue weighted by molar-refractivity contribution is 6.09. The van der Waals surface area contributed by atoms with Crippen LogP contribution in [0.25, 0.3) is 0 Å². The van der Waals surface area contributed by atoms with Crippen LogP contribution in [0, 0.1) is 0 Å². The Hall–Kier alpha value is -3.03. The smallest absolute Gasteiger partial charge is 0.451 e. The Morgan fingerprint density at radius 1 is 1.04 bits per heavy atom. The summed E-state index contributed by atoms with van der Waals surface area (Å²) in [5, 5.41) is 13.1. The molecular weight excluding hydrogens is 323 g/mol. The number of benzene rings is 2. The molecule has 1 aliphatic rings. The normalized spacial score (nSPS) is 20.5. The van der Waals surface area contributed by atoms with Gasteiger partial charge in [0.15, 0.2) is 0 Å². The Bertz CT molecular complexity index is 778. The first kappa shape index (κ1) is 15.9. The molecule has 2 aromatic rings. The van der Waals surface area contributed by atoms with E-state index in [2.05, 4.69) is 10.5 Å². The molecule has 0 saturated heterocycles. The molecule has 0 radical (unpaired) electrons. The first-order chi connectivity index (χ1) is 11.4. The summed E-state index contributed by atoms with van der Waals surface area (Å²) >= 11 is 0. The van der Waals surface area contributed by atoms with Gasteiger partial charge in [-0.15, -0.1) is 0 Å². The molecule has 24 heavy (non-hydrogen) atoms. The van der Waals surface area contributed by atoms with E-state index >= 15 is 0 Å². The molecule has 0 amide bonds. The Morgan fingerprint density at radius 2 is 1.58 bits per heavy atom. The van der Waals surface area contributed by atoms with Crippen molar-refractivity contribution in [1.82, 2.24) is 5.43 Å². The van der Waals surface area contributed by atoms with Crippen LogP contribution in [0.15, 0.2) is 65.8 Å². The minimum atomic E-state index is -4.82. The van der Waals surface area contributed by atoms with E-state index < -0.39 is 23.6 Å². The lowest BCUT2D eigenvalue weighted by Gasteiger charge is -2.36. The van der Waals surface area contributed by atoms with Gasteiger partial charge in [0, 0.05) is 11.3 Å². The van der Waals surface area contributed by atoms with Crippen molar-refractivity contribution < 1.29 is 23.1 Å². The summed E-state index contributed by atoms with van der Waals surface area (Å²) in [4.78, 5) is 12.7. The number of aliphatic carboxylic acids is 1. The van der Waals surface area contributed by atoms with Gasteiger partial charge < -0.3 is 5.11 Å². The maximum absolute atomic E-state index is 13.4. The van der Waals surface area contributed by atoms with E-state index in [-0.39, 0.29) is 11.3 Å². The van der Waals surface area contributed by atoms with E-state index in [1.165, 1.54) is 36.4 Å². The number of hydrazone groups is 1. The number of hydrogen-bond acceptors (Lipinski definition) is 4. The molecule has 2 aromatic carbocycles. The number of amidine groups is 1. The van der Waals surface area contributed by atoms with Crippen molar-refractivity contribution in [3.8, 4) is 0 Å². The summed E-state index contributed by atoms with van der Waals surface area (Å²) in [5.41, 5.74) is 0.187. The van der Waals surface area contributed by atoms with Crippen LogP contribution in [0.1, 0.15) is 5.56 Å². The number of alkyl halides is 3. The van der Waals surface area contributed by atoms with E-state index in [1.54, 1.807) is 24.3 Å². The Morgan fingerprint density at radius 3 is 2.08 bits per heavy atom. The molecule has 0 spiro atoms. The van der Waals surface area contributed by atoms with Crippen LogP contribution in [0.3, 0.4) is 0 Å². The van der Waals surface area contributed by atoms with Gasteiger partial charge in [0.1, 0.15) is 0 Å². The molecule has 0 fully saturated rings. The fourth-order valence-electron chi connectivity index (χ4n) is 2.62. The van der Waals surface area contributed by atoms with Gasteiger partial charge >= 0.3 is 12.1 Å². The average molecular weight is 335 g/mol. The van der Waals surface area contributed by atoms with Crippen LogP contribution < -0.4 is 10.3 Å². The molecule has 0 saturated carbocycles. The third-order valence-electron chi connectivity index (χ3n) is 3.64. The molecule has 8 heteroatoms. The van der Waals surface area contributed by atoms with Gasteiger partial charge in [-0.2, -0.15) is 18.3 Å². The molecule has 0 aliphatic carbocycles. The molecule has 1 unspecified atom stereocenters. The summed E-state index contributed by atoms with van der Waals surface area (Å²) in [6.45, 7) is 0. The lowest BCUT2D eigenvalue weighted by Crippen LogP contribution is -2.59. The second kappa shape index (κ2) is 5.55. The Labute approximate surface area is 135 Å². The largest absolute Gasteiger partial charge is 0.478 e. The van der Waals surface area contributed by atoms with Gasteiger partial charge in [0.2, 0.25) is 5.84 Å². The van der Waals surface area contributed by atoms with Crippen molar-refractivity contribution in [2.24, 2.45) is 5.10 Å². The number of carbonyl (C=O) groups is 1. The predicted octanol–water partition coefficient (Wildman–Crippen LogP) is 2.91. The zero-order valence-electron chi connectivity index (χ0n) is 12.2. The zero-order chi connectivity index (χ0) is 17.4. The van der Waals surface area contributed by atoms with E-state index in [9.17, 15) is 23.1 Å². The SMILES string of the molecule is O=C(O)C1(c2ccccc2)NN=C(C(F)(F)F)N1c1ccccc1. The minimum absolute atomic E-state index is 0.0600. The molecule has 5 nitrogen and oxygen atoms in total. The van der Waals surface area contributed by atoms with Crippen LogP contribution in [0.4, 0.5) is 18.9 Å². The van der Waals surface area contributed by atoms with Crippen molar-refractivity contribution in [3.63, 3.8) is 0 Å². The molecule has 0 aromatic heterocycles. The van der Waals surface area contributed by atoms with Crippen LogP contribution in [0.5, 0.6) is 0 Å². The Balaban J connectivity index is 2.24. The lowest BCUT2D eigenvalue weighted by molar-refractivity contribution is -0.144. The number of anilines is 1. The first-order valence-corrected chi connectivity index (χ1v) is 6.93. The molecular formula is C16H12F3N3O2. The first-order valence-electron chi connectivity index (χ1n) is 6.93. The summed E-state index contributed by atoms with van der Waals surface area (Å²) in [6.07, 6.45) is -4.82. The van der Waals surface area contributed by atoms with Crippen molar-refractivity contribution in [1.29, 1.82) is 0 Å². The van der Waals surface area contributed by atoms with E-state index in [4.69, 9.17) is 0 Å². The highest BCUT2D eigenvalue weighted by Crippen LogP contribution is 2.39. The molecule has 1 atom stereocenters. The van der Waals surface area contributed by atoms with Crippen molar-refractivity contribution in [2.45, 2.75) is 11.8 Å². The molecule has 1 heterocycles. The van der Waals surface area contributed by atoms with Gasteiger partial charge in [0.25, 0.3) is 5.66 Å². The van der Waals surface area contributed by atoms with Gasteiger partial charge in [0.05, 0.1) is 0 Å². The van der Waals surface area contributed by atoms with Crippen molar-refractivity contribution in [2.75, 3.05) is 4.90 Å². The maximum atomic E-state index is 13.4. The second-order valence-electron chi connectivity index (χ2n) is 5.10. The van der Waals surface area contributed by atoms with E-state index in [0.717, 1.165) is 0 Å². The highest BCUT2D eigenvalue weighted by atomic mass is 19.4. The fraction of sp³-hybridized carbons (Fsp3) is 0.125. The summed E-state index contributed by atoms with van der Waals surface area (Å²) in [7, 11) is 0. The number of carboxylic acids is 1. The molecule has 2 N–H and O–H groups in total. The van der Waals surface area contributed by atoms with Gasteiger partial charge in [-0.1, -0.05) is 48.5 Å². The zero-order valence-corrected chi connectivity index (χ0v) is 12.2. The molecule has 3 rings (SSSR count). The molecule has 124 valence electrons. The minimum Gasteiger partial charge on any atom is -0.478 e. The number of rotatable bonds is 3. The monoisotopic (exact) mass is 335 g/mol. The topological polar surface area (TPSA) is 64.9 Å². The number of hydrogen-bond donors (Lipinski definition) is 2. The quantitative estimate of drug-likeness (QED) is 0.905. The van der Waals surface area contributed by atoms with Gasteiger partial charge in [-0.05, 0) is 12.1 Å². The standard InChI is InChI=1S/C16H12F3N3O2/c17-16(18,19)13-20-21-15(14(23)24,11-7-3-1-4-8-11)22(13)12-9-5-2-6-10-12/h1-10,21H,(H,23,24). The van der Waals surface area contributed by atoms with Crippen molar-refractivity contribution in [3.05, 3.63) is 66.2 Å². The summed E-state index contributed by atoms with van der Waals surface area (Å²) < 4.78 is 40.2. The van der Waals surface area contributed by atoms with Gasteiger partial charge in [-0.25, -0.2) is 4.79 Å². The highest BCUT2D eigenvalue weighted by Gasteiger charge is 2.58. The average Bonchev–Trinajstić information content (AvgIpc) is 2.98. The number of para-hydroxylation sites is 1. The summed E-state index contributed by atoms with van der Waals surface area (Å²) in [5.74, 6) is -2.82. The number of nitrogens with one attached hydrogen (secondary N) is 1. The predicted molar refractivity (Wildman–Crippen MR) is 81.3 cm³/mol. The maximum Gasteiger partial charge on any atom is 0.451 e. The summed E-state index contributed by atoms with van der Waals surface area (Å²) in [6, 6.07) is 15.1. The number of halogens is 3. The van der Waals surface area contributed by atoms with Gasteiger partial charge in [-0.3, -0.25) is 10.3 Å². The van der Waals surface area contributed by atoms with Crippen molar-refractivity contribution >= 4 is 17.5 Å². The molecule has 0 bridgehead atoms. The van der Waals surface area contributed by atoms with Crippen LogP contribution in [-0.4, -0.2) is 23.1 Å². The van der Waals surface area contributed by atoms with E-state index in [1.807, 2.05) is 0 Å². The number of carboxylic acid groups (broad SMARTS) is 1. The third-order valence-corrected chi connectivity index (χ3v) is 3.64. The molecule has 1 aliphatic heterocycles. The van der Waals surface area contributed by atoms with E-state index in [0.29, 0.717) is 4.90 Å². The van der Waals surface area contributed by atoms with Crippen LogP contribution in [-0.2, 0) is 10.5 Å². The lowest BCUT2D eigenvalue weighted by atomic mass is 9.97. The number of nitrogens with zero attached hydrogens (tertiary/aromatic N) is 2. The van der Waals surface area contributed by atoms with Crippen LogP contribution >= 0.6 is 0 Å². The fourth-order valence-corrected chi connectivity index (χ4v) is 2.62. The van der Waals surface area contributed by atoms with Crippen LogP contribution in [0.2, 0.25) is 0 Å².